The fourth-order valence-electron chi connectivity index (χ4n) is 2.41. The molecule has 3 aromatic rings. The second-order valence-corrected chi connectivity index (χ2v) is 4.88. The number of nitrogens with two attached hydrogens (primary N) is 1. The minimum absolute atomic E-state index is 0.325. The number of carbonyl (C=O) groups is 1. The van der Waals surface area contributed by atoms with Crippen molar-refractivity contribution in [3.8, 4) is 11.3 Å². The molecule has 0 aliphatic heterocycles. The smallest absolute Gasteiger partial charge is 0.338 e. The number of carbonyl (C=O) groups excluding carboxylic acids is 1. The summed E-state index contributed by atoms with van der Waals surface area (Å²) in [6, 6.07) is 16.9. The third kappa shape index (κ3) is 2.51. The summed E-state index contributed by atoms with van der Waals surface area (Å²) >= 11 is 0. The molecule has 0 amide bonds. The van der Waals surface area contributed by atoms with Crippen LogP contribution in [0, 0.1) is 0 Å². The van der Waals surface area contributed by atoms with Crippen molar-refractivity contribution in [3.05, 3.63) is 60.2 Å². The van der Waals surface area contributed by atoms with E-state index in [0.717, 1.165) is 5.56 Å². The van der Waals surface area contributed by atoms with Crippen LogP contribution in [0.3, 0.4) is 0 Å². The van der Waals surface area contributed by atoms with Gasteiger partial charge in [0.2, 0.25) is 0 Å². The van der Waals surface area contributed by atoms with Crippen LogP contribution in [0.2, 0.25) is 0 Å². The Hall–Kier alpha value is -2.88. The van der Waals surface area contributed by atoms with Gasteiger partial charge in [0.1, 0.15) is 0 Å². The average molecular weight is 292 g/mol. The molecule has 0 saturated heterocycles. The second-order valence-electron chi connectivity index (χ2n) is 4.88. The van der Waals surface area contributed by atoms with E-state index < -0.39 is 0 Å². The number of benzene rings is 2. The Labute approximate surface area is 128 Å². The van der Waals surface area contributed by atoms with Crippen molar-refractivity contribution in [2.75, 3.05) is 12.3 Å². The zero-order valence-corrected chi connectivity index (χ0v) is 12.2. The van der Waals surface area contributed by atoms with Gasteiger partial charge in [-0.25, -0.2) is 9.78 Å². The molecule has 0 spiro atoms. The number of aromatic nitrogens is 1. The second kappa shape index (κ2) is 5.85. The molecule has 0 fully saturated rings. The molecule has 0 radical (unpaired) electrons. The van der Waals surface area contributed by atoms with Gasteiger partial charge in [0.15, 0.2) is 0 Å². The maximum absolute atomic E-state index is 12.3. The van der Waals surface area contributed by atoms with Gasteiger partial charge in [0.25, 0.3) is 0 Å². The standard InChI is InChI=1S/C18H16N2O2/c1-2-22-18(21)14-11-16(12-7-4-3-5-8-12)20-17-13(14)9-6-10-15(17)19/h3-11H,2,19H2,1H3. The van der Waals surface area contributed by atoms with Crippen molar-refractivity contribution in [1.29, 1.82) is 0 Å². The third-order valence-corrected chi connectivity index (χ3v) is 3.44. The number of esters is 1. The molecular weight excluding hydrogens is 276 g/mol. The number of hydrogen-bond donors (Lipinski definition) is 1. The number of rotatable bonds is 3. The lowest BCUT2D eigenvalue weighted by Crippen LogP contribution is -2.07. The molecule has 0 aliphatic rings. The van der Waals surface area contributed by atoms with Gasteiger partial charge in [-0.2, -0.15) is 0 Å². The van der Waals surface area contributed by atoms with Gasteiger partial charge in [-0.15, -0.1) is 0 Å². The lowest BCUT2D eigenvalue weighted by Gasteiger charge is -2.10. The zero-order chi connectivity index (χ0) is 15.5. The molecule has 1 heterocycles. The zero-order valence-electron chi connectivity index (χ0n) is 12.2. The molecule has 0 unspecified atom stereocenters. The molecule has 2 N–H and O–H groups in total. The van der Waals surface area contributed by atoms with Crippen molar-refractivity contribution in [1.82, 2.24) is 4.98 Å². The Morgan fingerprint density at radius 1 is 1.14 bits per heavy atom. The molecule has 22 heavy (non-hydrogen) atoms. The van der Waals surface area contributed by atoms with Gasteiger partial charge >= 0.3 is 5.97 Å². The highest BCUT2D eigenvalue weighted by atomic mass is 16.5. The number of nitrogen functional groups attached to an aromatic ring is 1. The van der Waals surface area contributed by atoms with Crippen LogP contribution in [0.5, 0.6) is 0 Å². The number of fused-ring (bicyclic) bond motifs is 1. The number of pyridine rings is 1. The summed E-state index contributed by atoms with van der Waals surface area (Å²) in [6.07, 6.45) is 0. The normalized spacial score (nSPS) is 10.6. The first kappa shape index (κ1) is 14.1. The molecule has 0 aliphatic carbocycles. The van der Waals surface area contributed by atoms with Crippen LogP contribution in [0.15, 0.2) is 54.6 Å². The molecule has 1 aromatic heterocycles. The summed E-state index contributed by atoms with van der Waals surface area (Å²) < 4.78 is 5.16. The number of nitrogens with zero attached hydrogens (tertiary/aromatic N) is 1. The highest BCUT2D eigenvalue weighted by molar-refractivity contribution is 6.07. The lowest BCUT2D eigenvalue weighted by atomic mass is 10.0. The molecule has 0 atom stereocenters. The summed E-state index contributed by atoms with van der Waals surface area (Å²) in [6.45, 7) is 2.11. The van der Waals surface area contributed by atoms with E-state index in [1.807, 2.05) is 42.5 Å². The highest BCUT2D eigenvalue weighted by Gasteiger charge is 2.15. The predicted octanol–water partition coefficient (Wildman–Crippen LogP) is 3.66. The van der Waals surface area contributed by atoms with Crippen molar-refractivity contribution in [2.24, 2.45) is 0 Å². The van der Waals surface area contributed by atoms with Crippen molar-refractivity contribution >= 4 is 22.6 Å². The summed E-state index contributed by atoms with van der Waals surface area (Å²) in [7, 11) is 0. The highest BCUT2D eigenvalue weighted by Crippen LogP contribution is 2.28. The number of para-hydroxylation sites is 1. The molecule has 0 saturated carbocycles. The van der Waals surface area contributed by atoms with E-state index in [9.17, 15) is 4.79 Å². The largest absolute Gasteiger partial charge is 0.462 e. The van der Waals surface area contributed by atoms with Crippen LogP contribution in [-0.4, -0.2) is 17.6 Å². The Morgan fingerprint density at radius 3 is 2.64 bits per heavy atom. The molecule has 0 bridgehead atoms. The van der Waals surface area contributed by atoms with Crippen molar-refractivity contribution < 1.29 is 9.53 Å². The van der Waals surface area contributed by atoms with Crippen LogP contribution < -0.4 is 5.73 Å². The number of hydrogen-bond acceptors (Lipinski definition) is 4. The van der Waals surface area contributed by atoms with E-state index in [4.69, 9.17) is 10.5 Å². The van der Waals surface area contributed by atoms with Gasteiger partial charge < -0.3 is 10.5 Å². The molecular formula is C18H16N2O2. The van der Waals surface area contributed by atoms with Gasteiger partial charge in [0.05, 0.1) is 29.1 Å². The third-order valence-electron chi connectivity index (χ3n) is 3.44. The van der Waals surface area contributed by atoms with E-state index in [1.165, 1.54) is 0 Å². The van der Waals surface area contributed by atoms with Crippen LogP contribution in [-0.2, 0) is 4.74 Å². The molecule has 4 heteroatoms. The van der Waals surface area contributed by atoms with Gasteiger partial charge in [-0.3, -0.25) is 0 Å². The van der Waals surface area contributed by atoms with Crippen LogP contribution in [0.4, 0.5) is 5.69 Å². The molecule has 3 rings (SSSR count). The maximum Gasteiger partial charge on any atom is 0.338 e. The Morgan fingerprint density at radius 2 is 1.91 bits per heavy atom. The van der Waals surface area contributed by atoms with Gasteiger partial charge in [-0.05, 0) is 19.1 Å². The van der Waals surface area contributed by atoms with Crippen molar-refractivity contribution in [2.45, 2.75) is 6.92 Å². The van der Waals surface area contributed by atoms with Crippen molar-refractivity contribution in [3.63, 3.8) is 0 Å². The minimum atomic E-state index is -0.363. The number of ether oxygens (including phenoxy) is 1. The summed E-state index contributed by atoms with van der Waals surface area (Å²) in [5.74, 6) is -0.363. The average Bonchev–Trinajstić information content (AvgIpc) is 2.55. The SMILES string of the molecule is CCOC(=O)c1cc(-c2ccccc2)nc2c(N)cccc12. The fourth-order valence-corrected chi connectivity index (χ4v) is 2.41. The lowest BCUT2D eigenvalue weighted by molar-refractivity contribution is 0.0528. The molecule has 2 aromatic carbocycles. The Bertz CT molecular complexity index is 829. The topological polar surface area (TPSA) is 65.2 Å². The Kier molecular flexibility index (Phi) is 3.74. The van der Waals surface area contributed by atoms with Crippen LogP contribution >= 0.6 is 0 Å². The molecule has 4 nitrogen and oxygen atoms in total. The maximum atomic E-state index is 12.3. The van der Waals surface area contributed by atoms with E-state index in [-0.39, 0.29) is 5.97 Å². The monoisotopic (exact) mass is 292 g/mol. The summed E-state index contributed by atoms with van der Waals surface area (Å²) in [5, 5.41) is 0.707. The first-order chi connectivity index (χ1) is 10.7. The predicted molar refractivity (Wildman–Crippen MR) is 87.5 cm³/mol. The first-order valence-electron chi connectivity index (χ1n) is 7.12. The Balaban J connectivity index is 2.28. The summed E-state index contributed by atoms with van der Waals surface area (Å²) in [4.78, 5) is 16.9. The van der Waals surface area contributed by atoms with Gasteiger partial charge in [-0.1, -0.05) is 42.5 Å². The van der Waals surface area contributed by atoms with Crippen LogP contribution in [0.25, 0.3) is 22.2 Å². The quantitative estimate of drug-likeness (QED) is 0.591. The van der Waals surface area contributed by atoms with E-state index in [1.54, 1.807) is 19.1 Å². The minimum Gasteiger partial charge on any atom is -0.462 e. The fraction of sp³-hybridized carbons (Fsp3) is 0.111. The van der Waals surface area contributed by atoms with E-state index >= 15 is 0 Å². The van der Waals surface area contributed by atoms with Crippen LogP contribution in [0.1, 0.15) is 17.3 Å². The number of anilines is 1. The first-order valence-corrected chi connectivity index (χ1v) is 7.12. The van der Waals surface area contributed by atoms with E-state index in [0.29, 0.717) is 34.5 Å². The van der Waals surface area contributed by atoms with Gasteiger partial charge in [0, 0.05) is 10.9 Å². The summed E-state index contributed by atoms with van der Waals surface area (Å²) in [5.41, 5.74) is 9.31. The molecule has 110 valence electrons. The van der Waals surface area contributed by atoms with E-state index in [2.05, 4.69) is 4.98 Å².